The number of fused-ring (bicyclic) bond motifs is 1. The van der Waals surface area contributed by atoms with E-state index in [4.69, 9.17) is 4.74 Å². The largest absolute Gasteiger partial charge is 0.380 e. The molecular weight excluding hydrogens is 420 g/mol. The third-order valence-electron chi connectivity index (χ3n) is 5.16. The van der Waals surface area contributed by atoms with Crippen molar-refractivity contribution in [2.45, 2.75) is 20.1 Å². The van der Waals surface area contributed by atoms with Gasteiger partial charge in [0, 0.05) is 38.5 Å². The molecule has 0 aliphatic carbocycles. The minimum atomic E-state index is -0.707. The summed E-state index contributed by atoms with van der Waals surface area (Å²) in [6, 6.07) is 5.95. The Balaban J connectivity index is 2.02. The summed E-state index contributed by atoms with van der Waals surface area (Å²) < 4.78 is 8.68. The van der Waals surface area contributed by atoms with Gasteiger partial charge in [-0.3, -0.25) is 28.8 Å². The maximum Gasteiger partial charge on any atom is 0.328 e. The highest BCUT2D eigenvalue weighted by molar-refractivity contribution is 5.96. The first-order valence-electron chi connectivity index (χ1n) is 9.36. The van der Waals surface area contributed by atoms with E-state index in [9.17, 15) is 29.8 Å². The van der Waals surface area contributed by atoms with Crippen molar-refractivity contribution in [3.8, 4) is 6.07 Å². The molecule has 1 N–H and O–H groups in total. The van der Waals surface area contributed by atoms with Crippen molar-refractivity contribution in [3.63, 3.8) is 0 Å². The van der Waals surface area contributed by atoms with Crippen molar-refractivity contribution >= 4 is 28.3 Å². The normalized spacial score (nSPS) is 10.8. The highest BCUT2D eigenvalue weighted by Gasteiger charge is 2.22. The summed E-state index contributed by atoms with van der Waals surface area (Å²) in [5, 5.41) is 23.3. The summed E-state index contributed by atoms with van der Waals surface area (Å²) in [6.07, 6.45) is 0. The van der Waals surface area contributed by atoms with E-state index in [-0.39, 0.29) is 23.5 Å². The Bertz CT molecular complexity index is 1420. The molecule has 0 unspecified atom stereocenters. The minimum absolute atomic E-state index is 0.0635. The molecule has 0 saturated heterocycles. The summed E-state index contributed by atoms with van der Waals surface area (Å²) in [6.45, 7) is 1.20. The van der Waals surface area contributed by atoms with Crippen LogP contribution in [-0.2, 0) is 36.8 Å². The second-order valence-electron chi connectivity index (χ2n) is 7.19. The molecule has 12 nitrogen and oxygen atoms in total. The van der Waals surface area contributed by atoms with E-state index in [0.29, 0.717) is 22.3 Å². The van der Waals surface area contributed by atoms with Crippen molar-refractivity contribution in [2.24, 2.45) is 14.1 Å². The number of hydrogen-bond donors (Lipinski definition) is 1. The Kier molecular flexibility index (Phi) is 5.95. The second kappa shape index (κ2) is 8.48. The first kappa shape index (κ1) is 22.4. The molecule has 0 bridgehead atoms. The number of methoxy groups -OCH3 is 1. The number of aryl methyl sites for hydroxylation is 3. The first-order chi connectivity index (χ1) is 15.1. The first-order valence-corrected chi connectivity index (χ1v) is 9.36. The number of nitro groups is 1. The van der Waals surface area contributed by atoms with E-state index in [1.54, 1.807) is 13.0 Å². The third kappa shape index (κ3) is 3.77. The van der Waals surface area contributed by atoms with Gasteiger partial charge in [-0.2, -0.15) is 5.26 Å². The number of nitrogens with one attached hydrogen (secondary N) is 1. The lowest BCUT2D eigenvalue weighted by atomic mass is 10.1. The molecule has 0 aliphatic rings. The second-order valence-corrected chi connectivity index (χ2v) is 7.19. The number of amides is 1. The molecule has 12 heteroatoms. The van der Waals surface area contributed by atoms with Crippen LogP contribution >= 0.6 is 0 Å². The lowest BCUT2D eigenvalue weighted by molar-refractivity contribution is -0.383. The Morgan fingerprint density at radius 1 is 1.22 bits per heavy atom. The number of benzene rings is 1. The van der Waals surface area contributed by atoms with Gasteiger partial charge in [-0.05, 0) is 19.1 Å². The number of carbonyl (C=O) groups is 1. The Morgan fingerprint density at radius 3 is 2.41 bits per heavy atom. The van der Waals surface area contributed by atoms with Gasteiger partial charge >= 0.3 is 5.69 Å². The molecule has 3 rings (SSSR count). The van der Waals surface area contributed by atoms with Crippen molar-refractivity contribution in [1.29, 1.82) is 5.26 Å². The maximum atomic E-state index is 12.7. The van der Waals surface area contributed by atoms with E-state index in [1.165, 1.54) is 42.5 Å². The quantitative estimate of drug-likeness (QED) is 0.441. The van der Waals surface area contributed by atoms with Crippen molar-refractivity contribution in [1.82, 2.24) is 13.7 Å². The monoisotopic (exact) mass is 440 g/mol. The smallest absolute Gasteiger partial charge is 0.328 e. The van der Waals surface area contributed by atoms with E-state index < -0.39 is 28.6 Å². The van der Waals surface area contributed by atoms with Gasteiger partial charge in [0.1, 0.15) is 23.9 Å². The molecule has 0 spiro atoms. The van der Waals surface area contributed by atoms with Gasteiger partial charge in [-0.15, -0.1) is 0 Å². The number of nitro benzene ring substituents is 1. The van der Waals surface area contributed by atoms with Gasteiger partial charge in [0.25, 0.3) is 11.2 Å². The Hall–Kier alpha value is -4.24. The Morgan fingerprint density at radius 2 is 1.84 bits per heavy atom. The molecule has 0 radical (unpaired) electrons. The average Bonchev–Trinajstić information content (AvgIpc) is 2.94. The van der Waals surface area contributed by atoms with Crippen LogP contribution < -0.4 is 16.6 Å². The summed E-state index contributed by atoms with van der Waals surface area (Å²) in [5.41, 5.74) is -0.140. The fourth-order valence-corrected chi connectivity index (χ4v) is 3.54. The topological polar surface area (TPSA) is 154 Å². The molecule has 0 aliphatic heterocycles. The van der Waals surface area contributed by atoms with Crippen LogP contribution in [0.25, 0.3) is 11.0 Å². The van der Waals surface area contributed by atoms with Gasteiger partial charge in [-0.1, -0.05) is 0 Å². The maximum absolute atomic E-state index is 12.7. The number of pyridine rings is 1. The van der Waals surface area contributed by atoms with Crippen LogP contribution in [0.2, 0.25) is 0 Å². The summed E-state index contributed by atoms with van der Waals surface area (Å²) in [7, 11) is 4.43. The number of anilines is 1. The van der Waals surface area contributed by atoms with Gasteiger partial charge in [0.05, 0.1) is 22.6 Å². The van der Waals surface area contributed by atoms with Crippen LogP contribution in [0.15, 0.2) is 27.8 Å². The van der Waals surface area contributed by atoms with Gasteiger partial charge in [0.15, 0.2) is 0 Å². The molecular formula is C20H20N6O6. The molecule has 2 heterocycles. The number of rotatable bonds is 6. The van der Waals surface area contributed by atoms with Crippen LogP contribution in [0.3, 0.4) is 0 Å². The highest BCUT2D eigenvalue weighted by atomic mass is 16.6. The highest BCUT2D eigenvalue weighted by Crippen LogP contribution is 2.29. The van der Waals surface area contributed by atoms with Crippen LogP contribution in [0.5, 0.6) is 0 Å². The van der Waals surface area contributed by atoms with E-state index >= 15 is 0 Å². The van der Waals surface area contributed by atoms with Crippen molar-refractivity contribution < 1.29 is 14.5 Å². The number of aromatic nitrogens is 3. The zero-order valence-electron chi connectivity index (χ0n) is 17.8. The summed E-state index contributed by atoms with van der Waals surface area (Å²) in [4.78, 5) is 48.4. The summed E-state index contributed by atoms with van der Waals surface area (Å²) >= 11 is 0. The molecule has 3 aromatic rings. The predicted molar refractivity (Wildman–Crippen MR) is 114 cm³/mol. The number of ether oxygens (including phenoxy) is 1. The van der Waals surface area contributed by atoms with Gasteiger partial charge in [-0.25, -0.2) is 4.79 Å². The van der Waals surface area contributed by atoms with Crippen LogP contribution in [-0.4, -0.2) is 31.6 Å². The van der Waals surface area contributed by atoms with E-state index in [0.717, 1.165) is 4.57 Å². The fourth-order valence-electron chi connectivity index (χ4n) is 3.54. The third-order valence-corrected chi connectivity index (χ3v) is 5.16. The molecule has 1 aromatic carbocycles. The van der Waals surface area contributed by atoms with Gasteiger partial charge in [0.2, 0.25) is 5.91 Å². The van der Waals surface area contributed by atoms with Crippen LogP contribution in [0.4, 0.5) is 11.4 Å². The molecule has 0 fully saturated rings. The molecule has 166 valence electrons. The molecule has 2 aromatic heterocycles. The fraction of sp³-hybridized carbons (Fsp3) is 0.300. The molecule has 0 atom stereocenters. The Labute approximate surface area is 181 Å². The number of nitrogens with zero attached hydrogens (tertiary/aromatic N) is 5. The zero-order chi connectivity index (χ0) is 23.7. The minimum Gasteiger partial charge on any atom is -0.380 e. The van der Waals surface area contributed by atoms with Crippen LogP contribution in [0, 0.1) is 28.4 Å². The molecule has 32 heavy (non-hydrogen) atoms. The average molecular weight is 440 g/mol. The standard InChI is InChI=1S/C20H20N6O6/c1-11-5-12(10-32-4)13(8-21)19(28)25(11)9-18(27)22-14-6-16-17(7-15(14)26(30)31)24(3)20(29)23(16)2/h5-7H,9-10H2,1-4H3,(H,22,27). The molecule has 0 saturated carbocycles. The number of carbonyl (C=O) groups excluding carboxylic acids is 1. The van der Waals surface area contributed by atoms with Crippen molar-refractivity contribution in [3.05, 3.63) is 66.0 Å². The zero-order valence-corrected chi connectivity index (χ0v) is 17.8. The lowest BCUT2D eigenvalue weighted by Gasteiger charge is -2.13. The SMILES string of the molecule is COCc1cc(C)n(CC(=O)Nc2cc3c(cc2[N+](=O)[O-])n(C)c(=O)n3C)c(=O)c1C#N. The number of imidazole rings is 1. The van der Waals surface area contributed by atoms with Gasteiger partial charge < -0.3 is 14.6 Å². The lowest BCUT2D eigenvalue weighted by Crippen LogP contribution is -2.31. The number of nitriles is 1. The van der Waals surface area contributed by atoms with E-state index in [2.05, 4.69) is 5.32 Å². The van der Waals surface area contributed by atoms with E-state index in [1.807, 2.05) is 6.07 Å². The van der Waals surface area contributed by atoms with Crippen molar-refractivity contribution in [2.75, 3.05) is 12.4 Å². The molecule has 1 amide bonds. The van der Waals surface area contributed by atoms with Crippen LogP contribution in [0.1, 0.15) is 16.8 Å². The summed E-state index contributed by atoms with van der Waals surface area (Å²) in [5.74, 6) is -0.707. The number of hydrogen-bond acceptors (Lipinski definition) is 7. The predicted octanol–water partition coefficient (Wildman–Crippen LogP) is 0.912.